The highest BCUT2D eigenvalue weighted by molar-refractivity contribution is 5.98. The number of rotatable bonds is 3. The summed E-state index contributed by atoms with van der Waals surface area (Å²) >= 11 is 0. The molecule has 0 aromatic carbocycles. The summed E-state index contributed by atoms with van der Waals surface area (Å²) in [4.78, 5) is 12.1. The van der Waals surface area contributed by atoms with Crippen LogP contribution in [0.5, 0.6) is 0 Å². The molecule has 2 heterocycles. The summed E-state index contributed by atoms with van der Waals surface area (Å²) in [6.07, 6.45) is 3.26. The molecule has 106 valence electrons. The van der Waals surface area contributed by atoms with Crippen LogP contribution in [0, 0.1) is 0 Å². The summed E-state index contributed by atoms with van der Waals surface area (Å²) in [5, 5.41) is 8.96. The molecule has 1 saturated heterocycles. The quantitative estimate of drug-likeness (QED) is 0.588. The van der Waals surface area contributed by atoms with Crippen molar-refractivity contribution in [1.29, 1.82) is 0 Å². The Morgan fingerprint density at radius 3 is 3.00 bits per heavy atom. The van der Waals surface area contributed by atoms with Gasteiger partial charge in [0, 0.05) is 26.7 Å². The molecule has 1 fully saturated rings. The lowest BCUT2D eigenvalue weighted by Gasteiger charge is -2.27. The normalized spacial score (nSPS) is 31.1. The molecule has 0 aromatic rings. The highest BCUT2D eigenvalue weighted by Crippen LogP contribution is 2.26. The number of hydrogen-bond acceptors (Lipinski definition) is 5. The summed E-state index contributed by atoms with van der Waals surface area (Å²) in [7, 11) is 3.76. The van der Waals surface area contributed by atoms with E-state index in [0.29, 0.717) is 12.5 Å². The fraction of sp³-hybridized carbons (Fsp3) is 0.667. The minimum absolute atomic E-state index is 0.251. The first-order valence-electron chi connectivity index (χ1n) is 6.19. The number of nitrogens with zero attached hydrogens (tertiary/aromatic N) is 4. The van der Waals surface area contributed by atoms with Crippen LogP contribution in [-0.2, 0) is 4.74 Å². The van der Waals surface area contributed by atoms with Crippen LogP contribution in [0.15, 0.2) is 22.3 Å². The van der Waals surface area contributed by atoms with Gasteiger partial charge in [0.15, 0.2) is 5.84 Å². The Bertz CT molecular complexity index is 397. The summed E-state index contributed by atoms with van der Waals surface area (Å²) in [5.41, 5.74) is 0. The number of halogens is 1. The molecule has 0 amide bonds. The monoisotopic (exact) mass is 270 g/mol. The van der Waals surface area contributed by atoms with Crippen molar-refractivity contribution in [3.8, 4) is 0 Å². The molecule has 0 aliphatic carbocycles. The summed E-state index contributed by atoms with van der Waals surface area (Å²) in [5.74, 6) is 0.624. The van der Waals surface area contributed by atoms with Crippen LogP contribution < -0.4 is 0 Å². The van der Waals surface area contributed by atoms with Crippen molar-refractivity contribution in [2.45, 2.75) is 24.9 Å². The van der Waals surface area contributed by atoms with Crippen LogP contribution in [0.4, 0.5) is 4.39 Å². The number of hydrogen-bond donors (Lipinski definition) is 1. The van der Waals surface area contributed by atoms with Gasteiger partial charge in [-0.25, -0.2) is 14.4 Å². The average Bonchev–Trinajstić information content (AvgIpc) is 2.78. The van der Waals surface area contributed by atoms with E-state index in [0.717, 1.165) is 0 Å². The van der Waals surface area contributed by atoms with Gasteiger partial charge in [-0.2, -0.15) is 0 Å². The standard InChI is InChI=1S/C12H19FN4O2/c1-16(2)7-14-11-3-4-17(8-15-11)12-5-9(13)10(6-18)19-12/h3-4,7,9-10,12,18H,5-6,8H2,1-2H3. The van der Waals surface area contributed by atoms with Gasteiger partial charge >= 0.3 is 0 Å². The van der Waals surface area contributed by atoms with Crippen LogP contribution in [0.1, 0.15) is 6.42 Å². The van der Waals surface area contributed by atoms with Gasteiger partial charge in [-0.15, -0.1) is 0 Å². The highest BCUT2D eigenvalue weighted by Gasteiger charge is 2.37. The summed E-state index contributed by atoms with van der Waals surface area (Å²) < 4.78 is 18.9. The summed E-state index contributed by atoms with van der Waals surface area (Å²) in [6, 6.07) is 0. The Labute approximate surface area is 111 Å². The fourth-order valence-electron chi connectivity index (χ4n) is 1.92. The van der Waals surface area contributed by atoms with Gasteiger partial charge in [0.2, 0.25) is 0 Å². The molecule has 3 atom stereocenters. The van der Waals surface area contributed by atoms with E-state index in [1.165, 1.54) is 0 Å². The minimum Gasteiger partial charge on any atom is -0.394 e. The molecule has 19 heavy (non-hydrogen) atoms. The first-order chi connectivity index (χ1) is 9.10. The average molecular weight is 270 g/mol. The van der Waals surface area contributed by atoms with Crippen LogP contribution in [0.2, 0.25) is 0 Å². The predicted octanol–water partition coefficient (Wildman–Crippen LogP) is 0.207. The minimum atomic E-state index is -1.12. The molecule has 2 aliphatic heterocycles. The van der Waals surface area contributed by atoms with Crippen molar-refractivity contribution < 1.29 is 14.2 Å². The maximum absolute atomic E-state index is 13.5. The zero-order valence-corrected chi connectivity index (χ0v) is 11.1. The first-order valence-corrected chi connectivity index (χ1v) is 6.19. The topological polar surface area (TPSA) is 60.7 Å². The third-order valence-corrected chi connectivity index (χ3v) is 2.94. The number of aliphatic hydroxyl groups is 1. The van der Waals surface area contributed by atoms with E-state index >= 15 is 0 Å². The van der Waals surface area contributed by atoms with Gasteiger partial charge in [-0.05, 0) is 6.08 Å². The van der Waals surface area contributed by atoms with Gasteiger partial charge in [-0.3, -0.25) is 0 Å². The highest BCUT2D eigenvalue weighted by atomic mass is 19.1. The van der Waals surface area contributed by atoms with Crippen molar-refractivity contribution in [2.75, 3.05) is 27.4 Å². The molecular formula is C12H19FN4O2. The van der Waals surface area contributed by atoms with E-state index in [-0.39, 0.29) is 19.3 Å². The molecule has 6 nitrogen and oxygen atoms in total. The fourth-order valence-corrected chi connectivity index (χ4v) is 1.92. The van der Waals surface area contributed by atoms with E-state index < -0.39 is 12.3 Å². The number of ether oxygens (including phenoxy) is 1. The number of amidine groups is 1. The Kier molecular flexibility index (Phi) is 4.49. The van der Waals surface area contributed by atoms with Gasteiger partial charge in [0.05, 0.1) is 12.9 Å². The first kappa shape index (κ1) is 14.0. The smallest absolute Gasteiger partial charge is 0.152 e. The van der Waals surface area contributed by atoms with Crippen LogP contribution in [-0.4, -0.2) is 73.0 Å². The maximum atomic E-state index is 13.5. The van der Waals surface area contributed by atoms with E-state index in [1.54, 1.807) is 23.5 Å². The maximum Gasteiger partial charge on any atom is 0.152 e. The number of aliphatic imine (C=N–C) groups is 2. The Balaban J connectivity index is 1.89. The largest absolute Gasteiger partial charge is 0.394 e. The second kappa shape index (κ2) is 6.12. The van der Waals surface area contributed by atoms with Crippen molar-refractivity contribution in [3.63, 3.8) is 0 Å². The van der Waals surface area contributed by atoms with Gasteiger partial charge < -0.3 is 19.6 Å². The molecule has 7 heteroatoms. The number of aliphatic hydroxyl groups excluding tert-OH is 1. The second-order valence-electron chi connectivity index (χ2n) is 4.76. The molecule has 2 aliphatic rings. The van der Waals surface area contributed by atoms with Crippen molar-refractivity contribution in [3.05, 3.63) is 12.3 Å². The SMILES string of the molecule is CN(C)C=NC1=NCN(C2CC(F)C(CO)O2)C=C1. The van der Waals surface area contributed by atoms with E-state index in [2.05, 4.69) is 9.98 Å². The lowest BCUT2D eigenvalue weighted by Crippen LogP contribution is -2.33. The van der Waals surface area contributed by atoms with Crippen molar-refractivity contribution >= 4 is 12.2 Å². The van der Waals surface area contributed by atoms with Crippen molar-refractivity contribution in [1.82, 2.24) is 9.80 Å². The third-order valence-electron chi connectivity index (χ3n) is 2.94. The van der Waals surface area contributed by atoms with Crippen LogP contribution >= 0.6 is 0 Å². The lowest BCUT2D eigenvalue weighted by molar-refractivity contribution is -0.0568. The van der Waals surface area contributed by atoms with Gasteiger partial charge in [0.1, 0.15) is 25.2 Å². The van der Waals surface area contributed by atoms with Crippen LogP contribution in [0.25, 0.3) is 0 Å². The molecule has 3 unspecified atom stereocenters. The molecule has 0 bridgehead atoms. The zero-order chi connectivity index (χ0) is 13.8. The molecule has 1 N–H and O–H groups in total. The lowest BCUT2D eigenvalue weighted by atomic mass is 10.2. The van der Waals surface area contributed by atoms with Crippen molar-refractivity contribution in [2.24, 2.45) is 9.98 Å². The third kappa shape index (κ3) is 3.51. The Morgan fingerprint density at radius 2 is 2.47 bits per heavy atom. The Morgan fingerprint density at radius 1 is 1.68 bits per heavy atom. The second-order valence-corrected chi connectivity index (χ2v) is 4.76. The zero-order valence-electron chi connectivity index (χ0n) is 11.1. The van der Waals surface area contributed by atoms with Crippen LogP contribution in [0.3, 0.4) is 0 Å². The molecule has 0 radical (unpaired) electrons. The molecule has 0 aromatic heterocycles. The molecular weight excluding hydrogens is 251 g/mol. The van der Waals surface area contributed by atoms with E-state index in [1.807, 2.05) is 19.0 Å². The Hall–Kier alpha value is -1.47. The molecule has 0 spiro atoms. The summed E-state index contributed by atoms with van der Waals surface area (Å²) in [6.45, 7) is 0.0863. The van der Waals surface area contributed by atoms with Gasteiger partial charge in [0.25, 0.3) is 0 Å². The van der Waals surface area contributed by atoms with Gasteiger partial charge in [-0.1, -0.05) is 0 Å². The predicted molar refractivity (Wildman–Crippen MR) is 70.7 cm³/mol. The molecule has 0 saturated carbocycles. The van der Waals surface area contributed by atoms with E-state index in [4.69, 9.17) is 9.84 Å². The number of alkyl halides is 1. The molecule has 2 rings (SSSR count). The van der Waals surface area contributed by atoms with E-state index in [9.17, 15) is 4.39 Å².